The van der Waals surface area contributed by atoms with E-state index in [1.807, 2.05) is 37.3 Å². The SMILES string of the molecule is COC1(C)CN(C(=O)c2cccc(-c3ccc4nc(C(c5nnc(CC6(C)NC(=O)NC6=O)o5)S(C)(=O)=O)sc4c3)c2)C1. The van der Waals surface area contributed by atoms with Crippen LogP contribution in [0.3, 0.4) is 0 Å². The van der Waals surface area contributed by atoms with Crippen LogP contribution in [0, 0.1) is 0 Å². The lowest BCUT2D eigenvalue weighted by Crippen LogP contribution is -2.62. The molecule has 224 valence electrons. The molecule has 0 radical (unpaired) electrons. The second-order valence-electron chi connectivity index (χ2n) is 11.3. The standard InChI is InChI=1S/C28H28N6O7S2/c1-27(40-3)13-34(14-27)24(35)17-7-5-6-15(10-17)16-8-9-18-19(11-16)42-23(29-18)21(43(4,38)39)22-33-32-20(41-22)12-28(2)25(36)30-26(37)31-28/h5-11,21H,12-14H2,1-4H3,(H2,30,31,36,37). The Kier molecular flexibility index (Phi) is 6.86. The second kappa shape index (κ2) is 10.2. The normalized spacial score (nSPS) is 20.5. The molecule has 0 aliphatic carbocycles. The molecule has 4 heterocycles. The highest BCUT2D eigenvalue weighted by Gasteiger charge is 2.44. The molecule has 0 spiro atoms. The molecule has 13 nitrogen and oxygen atoms in total. The molecule has 2 saturated heterocycles. The van der Waals surface area contributed by atoms with Crippen LogP contribution in [-0.2, 0) is 25.8 Å². The van der Waals surface area contributed by atoms with E-state index in [1.165, 1.54) is 18.3 Å². The largest absolute Gasteiger partial charge is 0.423 e. The number of benzene rings is 2. The van der Waals surface area contributed by atoms with E-state index < -0.39 is 32.6 Å². The summed E-state index contributed by atoms with van der Waals surface area (Å²) in [5.41, 5.74) is 1.18. The number of fused-ring (bicyclic) bond motifs is 1. The molecule has 0 bridgehead atoms. The predicted molar refractivity (Wildman–Crippen MR) is 156 cm³/mol. The fraction of sp³-hybridized carbons (Fsp3) is 0.357. The molecule has 4 aromatic rings. The van der Waals surface area contributed by atoms with E-state index in [4.69, 9.17) is 9.15 Å². The Morgan fingerprint density at radius 3 is 2.56 bits per heavy atom. The maximum Gasteiger partial charge on any atom is 0.322 e. The average Bonchev–Trinajstić information content (AvgIpc) is 3.62. The molecule has 2 aliphatic heterocycles. The van der Waals surface area contributed by atoms with Gasteiger partial charge in [-0.05, 0) is 49.2 Å². The summed E-state index contributed by atoms with van der Waals surface area (Å²) in [5.74, 6) is -0.820. The number of imide groups is 1. The maximum atomic E-state index is 13.0. The number of aromatic nitrogens is 3. The molecule has 2 unspecified atom stereocenters. The van der Waals surface area contributed by atoms with Gasteiger partial charge in [-0.1, -0.05) is 18.2 Å². The number of amides is 4. The van der Waals surface area contributed by atoms with Crippen molar-refractivity contribution < 1.29 is 32.0 Å². The van der Waals surface area contributed by atoms with Gasteiger partial charge >= 0.3 is 6.03 Å². The van der Waals surface area contributed by atoms with Gasteiger partial charge in [-0.3, -0.25) is 14.9 Å². The van der Waals surface area contributed by atoms with Gasteiger partial charge in [-0.2, -0.15) is 0 Å². The van der Waals surface area contributed by atoms with E-state index >= 15 is 0 Å². The number of ether oxygens (including phenoxy) is 1. The third-order valence-electron chi connectivity index (χ3n) is 7.66. The van der Waals surface area contributed by atoms with Gasteiger partial charge < -0.3 is 19.4 Å². The highest BCUT2D eigenvalue weighted by atomic mass is 32.2. The molecule has 2 aromatic carbocycles. The summed E-state index contributed by atoms with van der Waals surface area (Å²) in [4.78, 5) is 43.1. The van der Waals surface area contributed by atoms with Crippen LogP contribution in [0.5, 0.6) is 0 Å². The summed E-state index contributed by atoms with van der Waals surface area (Å²) in [6.07, 6.45) is 0.934. The van der Waals surface area contributed by atoms with Gasteiger partial charge in [0.15, 0.2) is 15.1 Å². The number of urea groups is 1. The first-order chi connectivity index (χ1) is 20.3. The van der Waals surface area contributed by atoms with E-state index in [0.29, 0.717) is 24.2 Å². The molecule has 4 amide bonds. The van der Waals surface area contributed by atoms with Crippen LogP contribution < -0.4 is 10.6 Å². The average molecular weight is 625 g/mol. The van der Waals surface area contributed by atoms with Crippen molar-refractivity contribution in [1.29, 1.82) is 0 Å². The molecule has 2 aliphatic rings. The van der Waals surface area contributed by atoms with E-state index in [2.05, 4.69) is 25.8 Å². The highest BCUT2D eigenvalue weighted by Crippen LogP contribution is 2.37. The zero-order chi connectivity index (χ0) is 30.7. The van der Waals surface area contributed by atoms with E-state index in [9.17, 15) is 22.8 Å². The van der Waals surface area contributed by atoms with Crippen LogP contribution in [-0.4, -0.2) is 83.9 Å². The van der Waals surface area contributed by atoms with Gasteiger partial charge in [-0.25, -0.2) is 18.2 Å². The fourth-order valence-electron chi connectivity index (χ4n) is 5.20. The summed E-state index contributed by atoms with van der Waals surface area (Å²) in [6, 6.07) is 12.3. The number of hydrogen-bond acceptors (Lipinski definition) is 11. The molecule has 43 heavy (non-hydrogen) atoms. The number of rotatable bonds is 8. The first-order valence-electron chi connectivity index (χ1n) is 13.3. The summed E-state index contributed by atoms with van der Waals surface area (Å²) in [5, 5.41) is 11.5. The summed E-state index contributed by atoms with van der Waals surface area (Å²) in [6.45, 7) is 4.52. The third-order valence-corrected chi connectivity index (χ3v) is 10.2. The number of likely N-dealkylation sites (tertiary alicyclic amines) is 1. The lowest BCUT2D eigenvalue weighted by molar-refractivity contribution is -0.123. The number of nitrogens with one attached hydrogen (secondary N) is 2. The first kappa shape index (κ1) is 28.9. The Morgan fingerprint density at radius 1 is 1.14 bits per heavy atom. The number of nitrogens with zero attached hydrogens (tertiary/aromatic N) is 4. The fourth-order valence-corrected chi connectivity index (χ4v) is 7.74. The zero-order valence-electron chi connectivity index (χ0n) is 23.7. The van der Waals surface area contributed by atoms with Gasteiger partial charge in [0.05, 0.1) is 29.7 Å². The first-order valence-corrected chi connectivity index (χ1v) is 16.0. The summed E-state index contributed by atoms with van der Waals surface area (Å²) in [7, 11) is -2.17. The number of carbonyl (C=O) groups excluding carboxylic acids is 3. The van der Waals surface area contributed by atoms with Crippen LogP contribution in [0.2, 0.25) is 0 Å². The van der Waals surface area contributed by atoms with Crippen molar-refractivity contribution in [2.45, 2.75) is 36.7 Å². The zero-order valence-corrected chi connectivity index (χ0v) is 25.3. The van der Waals surface area contributed by atoms with Crippen LogP contribution in [0.15, 0.2) is 46.9 Å². The second-order valence-corrected chi connectivity index (χ2v) is 14.5. The van der Waals surface area contributed by atoms with Crippen molar-refractivity contribution in [1.82, 2.24) is 30.7 Å². The predicted octanol–water partition coefficient (Wildman–Crippen LogP) is 2.48. The molecule has 0 saturated carbocycles. The van der Waals surface area contributed by atoms with Crippen molar-refractivity contribution in [3.63, 3.8) is 0 Å². The van der Waals surface area contributed by atoms with E-state index in [1.54, 1.807) is 24.1 Å². The number of hydrogen-bond donors (Lipinski definition) is 2. The van der Waals surface area contributed by atoms with Gasteiger partial charge in [-0.15, -0.1) is 21.5 Å². The molecule has 6 rings (SSSR count). The monoisotopic (exact) mass is 624 g/mol. The Bertz CT molecular complexity index is 1900. The molecule has 2 fully saturated rings. The Labute approximate surface area is 250 Å². The summed E-state index contributed by atoms with van der Waals surface area (Å²) >= 11 is 1.18. The number of thiazole rings is 1. The van der Waals surface area contributed by atoms with Gasteiger partial charge in [0.25, 0.3) is 11.8 Å². The van der Waals surface area contributed by atoms with Crippen LogP contribution in [0.1, 0.15) is 46.2 Å². The quantitative estimate of drug-likeness (QED) is 0.277. The van der Waals surface area contributed by atoms with Crippen molar-refractivity contribution in [3.05, 3.63) is 64.8 Å². The molecule has 2 N–H and O–H groups in total. The molecule has 2 atom stereocenters. The lowest BCUT2D eigenvalue weighted by Gasteiger charge is -2.46. The maximum absolute atomic E-state index is 13.0. The van der Waals surface area contributed by atoms with E-state index in [0.717, 1.165) is 22.1 Å². The smallest absolute Gasteiger partial charge is 0.322 e. The van der Waals surface area contributed by atoms with E-state index in [-0.39, 0.29) is 34.7 Å². The van der Waals surface area contributed by atoms with Crippen molar-refractivity contribution in [3.8, 4) is 11.1 Å². The Hall–Kier alpha value is -4.21. The molecule has 2 aromatic heterocycles. The number of carbonyl (C=O) groups is 3. The minimum absolute atomic E-state index is 0.00796. The molecular formula is C28H28N6O7S2. The van der Waals surface area contributed by atoms with Gasteiger partial charge in [0, 0.05) is 18.9 Å². The Morgan fingerprint density at radius 2 is 1.88 bits per heavy atom. The highest BCUT2D eigenvalue weighted by molar-refractivity contribution is 7.91. The minimum Gasteiger partial charge on any atom is -0.423 e. The number of methoxy groups -OCH3 is 1. The van der Waals surface area contributed by atoms with Crippen molar-refractivity contribution in [2.75, 3.05) is 26.5 Å². The van der Waals surface area contributed by atoms with Crippen molar-refractivity contribution >= 4 is 49.2 Å². The third kappa shape index (κ3) is 5.39. The minimum atomic E-state index is -3.81. The Balaban J connectivity index is 1.27. The topological polar surface area (TPSA) is 174 Å². The van der Waals surface area contributed by atoms with Crippen LogP contribution in [0.4, 0.5) is 4.79 Å². The lowest BCUT2D eigenvalue weighted by atomic mass is 9.94. The summed E-state index contributed by atoms with van der Waals surface area (Å²) < 4.78 is 37.7. The van der Waals surface area contributed by atoms with Crippen LogP contribution >= 0.6 is 11.3 Å². The van der Waals surface area contributed by atoms with Crippen LogP contribution in [0.25, 0.3) is 21.3 Å². The number of sulfone groups is 1. The molecule has 15 heteroatoms. The van der Waals surface area contributed by atoms with Gasteiger partial charge in [0.2, 0.25) is 11.8 Å². The molecular weight excluding hydrogens is 596 g/mol. The van der Waals surface area contributed by atoms with Crippen molar-refractivity contribution in [2.24, 2.45) is 0 Å². The van der Waals surface area contributed by atoms with Gasteiger partial charge in [0.1, 0.15) is 16.1 Å².